The Morgan fingerprint density at radius 3 is 2.61 bits per heavy atom. The van der Waals surface area contributed by atoms with Gasteiger partial charge in [0.15, 0.2) is 0 Å². The molecule has 0 aliphatic rings. The molecule has 0 atom stereocenters. The lowest BCUT2D eigenvalue weighted by Crippen LogP contribution is -2.20. The Bertz CT molecular complexity index is 1430. The summed E-state index contributed by atoms with van der Waals surface area (Å²) < 4.78 is 44.4. The van der Waals surface area contributed by atoms with Crippen molar-refractivity contribution in [2.45, 2.75) is 26.4 Å². The fraction of sp³-hybridized carbons (Fsp3) is 0.208. The van der Waals surface area contributed by atoms with Crippen LogP contribution in [-0.2, 0) is 12.6 Å². The number of carbonyl (C=O) groups is 1. The largest absolute Gasteiger partial charge is 0.477 e. The van der Waals surface area contributed by atoms with E-state index in [1.807, 2.05) is 13.8 Å². The summed E-state index contributed by atoms with van der Waals surface area (Å²) in [6.07, 6.45) is -2.73. The van der Waals surface area contributed by atoms with E-state index in [1.54, 1.807) is 30.5 Å². The van der Waals surface area contributed by atoms with Crippen LogP contribution in [0, 0.1) is 6.92 Å². The average molecular weight is 547 g/mol. The van der Waals surface area contributed by atoms with Gasteiger partial charge in [-0.15, -0.1) is 5.10 Å². The highest BCUT2D eigenvalue weighted by Crippen LogP contribution is 2.36. The van der Waals surface area contributed by atoms with E-state index in [0.29, 0.717) is 36.4 Å². The molecule has 4 rings (SSSR count). The second-order valence-electron chi connectivity index (χ2n) is 7.99. The van der Waals surface area contributed by atoms with Gasteiger partial charge in [-0.3, -0.25) is 10.4 Å². The van der Waals surface area contributed by atoms with Crippen LogP contribution < -0.4 is 20.7 Å². The summed E-state index contributed by atoms with van der Waals surface area (Å²) in [7, 11) is 0. The molecule has 1 aromatic carbocycles. The van der Waals surface area contributed by atoms with E-state index in [1.165, 1.54) is 6.07 Å². The van der Waals surface area contributed by atoms with Crippen molar-refractivity contribution >= 4 is 40.8 Å². The van der Waals surface area contributed by atoms with Gasteiger partial charge in [0.2, 0.25) is 5.88 Å². The highest BCUT2D eigenvalue weighted by atomic mass is 35.5. The van der Waals surface area contributed by atoms with E-state index in [0.717, 1.165) is 23.4 Å². The fourth-order valence-corrected chi connectivity index (χ4v) is 3.61. The molecular weight excluding hydrogens is 525 g/mol. The standard InChI is InChI=1S/C24H22ClF3N8O2/c1-3-38-22-11-21(35-36-22)33-19-8-13(2)30-20(32-19)9-14-4-7-18(29-12-14)34-23(37)31-15-5-6-17(25)16(10-15)24(26,27)28/h4-8,10-12H,3,9H2,1-2H3,(H2,29,31,34,37)(H2,30,32,33,35,36). The quantitative estimate of drug-likeness (QED) is 0.215. The van der Waals surface area contributed by atoms with Crippen molar-refractivity contribution in [2.24, 2.45) is 0 Å². The molecule has 4 aromatic rings. The maximum Gasteiger partial charge on any atom is 0.417 e. The van der Waals surface area contributed by atoms with Crippen LogP contribution >= 0.6 is 11.6 Å². The molecule has 38 heavy (non-hydrogen) atoms. The van der Waals surface area contributed by atoms with Crippen LogP contribution in [0.4, 0.5) is 41.1 Å². The van der Waals surface area contributed by atoms with Gasteiger partial charge >= 0.3 is 12.2 Å². The molecule has 0 fully saturated rings. The number of anilines is 4. The topological polar surface area (TPSA) is 130 Å². The minimum absolute atomic E-state index is 0.0684. The summed E-state index contributed by atoms with van der Waals surface area (Å²) in [5, 5.41) is 14.3. The lowest BCUT2D eigenvalue weighted by atomic mass is 10.2. The smallest absolute Gasteiger partial charge is 0.417 e. The maximum atomic E-state index is 13.0. The molecule has 2 amide bonds. The maximum absolute atomic E-state index is 13.0. The third kappa shape index (κ3) is 7.09. The first-order valence-corrected chi connectivity index (χ1v) is 11.7. The number of rotatable bonds is 8. The molecule has 14 heteroatoms. The number of H-pyrrole nitrogens is 1. The van der Waals surface area contributed by atoms with Crippen LogP contribution in [0.5, 0.6) is 5.88 Å². The van der Waals surface area contributed by atoms with Crippen molar-refractivity contribution in [3.05, 3.63) is 76.3 Å². The Balaban J connectivity index is 1.37. The Morgan fingerprint density at radius 1 is 1.08 bits per heavy atom. The summed E-state index contributed by atoms with van der Waals surface area (Å²) in [4.78, 5) is 25.4. The van der Waals surface area contributed by atoms with E-state index >= 15 is 0 Å². The van der Waals surface area contributed by atoms with Crippen LogP contribution in [-0.4, -0.2) is 37.8 Å². The summed E-state index contributed by atoms with van der Waals surface area (Å²) in [5.74, 6) is 2.39. The molecule has 0 unspecified atom stereocenters. The molecule has 198 valence electrons. The lowest BCUT2D eigenvalue weighted by Gasteiger charge is -2.12. The number of amides is 2. The van der Waals surface area contributed by atoms with Gasteiger partial charge in [-0.1, -0.05) is 17.7 Å². The number of urea groups is 1. The third-order valence-electron chi connectivity index (χ3n) is 4.97. The van der Waals surface area contributed by atoms with Gasteiger partial charge in [0.25, 0.3) is 0 Å². The highest BCUT2D eigenvalue weighted by molar-refractivity contribution is 6.31. The number of aromatic amines is 1. The van der Waals surface area contributed by atoms with Gasteiger partial charge in [0, 0.05) is 36.1 Å². The Morgan fingerprint density at radius 2 is 1.89 bits per heavy atom. The Kier molecular flexibility index (Phi) is 7.96. The van der Waals surface area contributed by atoms with Crippen LogP contribution in [0.25, 0.3) is 0 Å². The van der Waals surface area contributed by atoms with Gasteiger partial charge < -0.3 is 15.4 Å². The zero-order valence-corrected chi connectivity index (χ0v) is 20.9. The fourth-order valence-electron chi connectivity index (χ4n) is 3.38. The summed E-state index contributed by atoms with van der Waals surface area (Å²) in [6, 6.07) is 9.12. The van der Waals surface area contributed by atoms with Gasteiger partial charge in [-0.2, -0.15) is 13.2 Å². The van der Waals surface area contributed by atoms with Crippen molar-refractivity contribution in [1.82, 2.24) is 25.1 Å². The number of halogens is 4. The van der Waals surface area contributed by atoms with Gasteiger partial charge in [0.1, 0.15) is 23.3 Å². The number of hydrogen-bond acceptors (Lipinski definition) is 7. The van der Waals surface area contributed by atoms with Crippen LogP contribution in [0.1, 0.15) is 29.6 Å². The second kappa shape index (κ2) is 11.3. The first kappa shape index (κ1) is 26.7. The van der Waals surface area contributed by atoms with E-state index in [9.17, 15) is 18.0 Å². The second-order valence-corrected chi connectivity index (χ2v) is 8.40. The monoisotopic (exact) mass is 546 g/mol. The number of nitrogens with one attached hydrogen (secondary N) is 4. The van der Waals surface area contributed by atoms with E-state index in [-0.39, 0.29) is 11.5 Å². The minimum Gasteiger partial charge on any atom is -0.477 e. The van der Waals surface area contributed by atoms with E-state index < -0.39 is 22.8 Å². The number of ether oxygens (including phenoxy) is 1. The van der Waals surface area contributed by atoms with Crippen molar-refractivity contribution in [3.8, 4) is 5.88 Å². The van der Waals surface area contributed by atoms with Crippen molar-refractivity contribution in [1.29, 1.82) is 0 Å². The van der Waals surface area contributed by atoms with Crippen molar-refractivity contribution < 1.29 is 22.7 Å². The van der Waals surface area contributed by atoms with Gasteiger partial charge in [-0.25, -0.2) is 19.7 Å². The molecule has 0 radical (unpaired) electrons. The molecule has 0 saturated heterocycles. The number of aromatic nitrogens is 5. The molecule has 0 aliphatic heterocycles. The van der Waals surface area contributed by atoms with E-state index in [2.05, 4.69) is 41.1 Å². The molecule has 3 aromatic heterocycles. The normalized spacial score (nSPS) is 11.2. The van der Waals surface area contributed by atoms with Crippen molar-refractivity contribution in [3.63, 3.8) is 0 Å². The van der Waals surface area contributed by atoms with Crippen molar-refractivity contribution in [2.75, 3.05) is 22.6 Å². The predicted octanol–water partition coefficient (Wildman–Crippen LogP) is 5.95. The van der Waals surface area contributed by atoms with Crippen LogP contribution in [0.2, 0.25) is 5.02 Å². The number of nitrogens with zero attached hydrogens (tertiary/aromatic N) is 4. The molecule has 0 aliphatic carbocycles. The van der Waals surface area contributed by atoms with Crippen LogP contribution in [0.15, 0.2) is 48.7 Å². The minimum atomic E-state index is -4.65. The predicted molar refractivity (Wildman–Crippen MR) is 136 cm³/mol. The SMILES string of the molecule is CCOc1cc(Nc2cc(C)nc(Cc3ccc(NC(=O)Nc4ccc(Cl)c(C(F)(F)F)c4)nc3)n2)[nH]n1. The molecular formula is C24H22ClF3N8O2. The zero-order valence-electron chi connectivity index (χ0n) is 20.2. The molecule has 3 heterocycles. The number of pyridine rings is 1. The Hall–Kier alpha value is -4.39. The van der Waals surface area contributed by atoms with Gasteiger partial charge in [-0.05, 0) is 43.7 Å². The van der Waals surface area contributed by atoms with Crippen LogP contribution in [0.3, 0.4) is 0 Å². The number of hydrogen-bond donors (Lipinski definition) is 4. The summed E-state index contributed by atoms with van der Waals surface area (Å²) in [6.45, 7) is 4.21. The molecule has 4 N–H and O–H groups in total. The molecule has 0 saturated carbocycles. The molecule has 0 bridgehead atoms. The average Bonchev–Trinajstić information content (AvgIpc) is 3.27. The highest BCUT2D eigenvalue weighted by Gasteiger charge is 2.33. The molecule has 0 spiro atoms. The number of carbonyl (C=O) groups excluding carboxylic acids is 1. The number of alkyl halides is 3. The summed E-state index contributed by atoms with van der Waals surface area (Å²) in [5.41, 5.74) is 0.415. The number of aryl methyl sites for hydroxylation is 1. The Labute approximate surface area is 220 Å². The third-order valence-corrected chi connectivity index (χ3v) is 5.30. The van der Waals surface area contributed by atoms with Gasteiger partial charge in [0.05, 0.1) is 17.2 Å². The number of benzene rings is 1. The first-order valence-electron chi connectivity index (χ1n) is 11.3. The zero-order chi connectivity index (χ0) is 27.3. The first-order chi connectivity index (χ1) is 18.1. The lowest BCUT2D eigenvalue weighted by molar-refractivity contribution is -0.137. The summed E-state index contributed by atoms with van der Waals surface area (Å²) >= 11 is 5.61. The van der Waals surface area contributed by atoms with E-state index in [4.69, 9.17) is 16.3 Å². The molecule has 10 nitrogen and oxygen atoms in total.